The lowest BCUT2D eigenvalue weighted by Crippen LogP contribution is -2.31. The Bertz CT molecular complexity index is 1090. The second-order valence-corrected chi connectivity index (χ2v) is 6.93. The molecule has 1 atom stereocenters. The minimum absolute atomic E-state index is 0.216. The molecule has 158 valence electrons. The van der Waals surface area contributed by atoms with Crippen LogP contribution >= 0.6 is 0 Å². The van der Waals surface area contributed by atoms with E-state index in [-0.39, 0.29) is 18.6 Å². The normalized spacial score (nSPS) is 15.5. The van der Waals surface area contributed by atoms with Gasteiger partial charge >= 0.3 is 0 Å². The summed E-state index contributed by atoms with van der Waals surface area (Å²) < 4.78 is 16.3. The van der Waals surface area contributed by atoms with Crippen molar-refractivity contribution < 1.29 is 23.5 Å². The van der Waals surface area contributed by atoms with Gasteiger partial charge in [0.25, 0.3) is 5.91 Å². The summed E-state index contributed by atoms with van der Waals surface area (Å²) in [5, 5.41) is 5.96. The summed E-state index contributed by atoms with van der Waals surface area (Å²) in [5.74, 6) is 0.997. The Morgan fingerprint density at radius 3 is 2.42 bits per heavy atom. The van der Waals surface area contributed by atoms with Crippen LogP contribution in [0.25, 0.3) is 0 Å². The highest BCUT2D eigenvalue weighted by Crippen LogP contribution is 2.33. The number of nitrogens with zero attached hydrogens (tertiary/aromatic N) is 2. The fourth-order valence-corrected chi connectivity index (χ4v) is 3.33. The maximum absolute atomic E-state index is 12.9. The fourth-order valence-electron chi connectivity index (χ4n) is 3.33. The molecule has 0 saturated heterocycles. The SMILES string of the molecule is COc1ccc(C2=NN(C(=O)COc3ccc(C(N)=O)cc3)[C@@H](c3ccco3)C2)cc1. The molecular formula is C23H21N3O5. The van der Waals surface area contributed by atoms with Gasteiger partial charge in [-0.2, -0.15) is 5.10 Å². The van der Waals surface area contributed by atoms with E-state index >= 15 is 0 Å². The number of primary amides is 1. The van der Waals surface area contributed by atoms with Gasteiger partial charge in [-0.1, -0.05) is 0 Å². The summed E-state index contributed by atoms with van der Waals surface area (Å²) in [6, 6.07) is 17.0. The van der Waals surface area contributed by atoms with E-state index in [4.69, 9.17) is 19.6 Å². The average molecular weight is 419 g/mol. The fraction of sp³-hybridized carbons (Fsp3) is 0.174. The maximum atomic E-state index is 12.9. The maximum Gasteiger partial charge on any atom is 0.281 e. The number of methoxy groups -OCH3 is 1. The lowest BCUT2D eigenvalue weighted by Gasteiger charge is -2.20. The van der Waals surface area contributed by atoms with E-state index < -0.39 is 5.91 Å². The molecule has 0 fully saturated rings. The molecule has 2 heterocycles. The zero-order chi connectivity index (χ0) is 21.8. The summed E-state index contributed by atoms with van der Waals surface area (Å²) in [7, 11) is 1.61. The molecule has 3 aromatic rings. The Kier molecular flexibility index (Phi) is 5.70. The number of amides is 2. The Labute approximate surface area is 178 Å². The van der Waals surface area contributed by atoms with Gasteiger partial charge in [0.15, 0.2) is 6.61 Å². The zero-order valence-corrected chi connectivity index (χ0v) is 16.9. The second-order valence-electron chi connectivity index (χ2n) is 6.93. The molecule has 1 aromatic heterocycles. The van der Waals surface area contributed by atoms with Gasteiger partial charge in [0.1, 0.15) is 23.3 Å². The van der Waals surface area contributed by atoms with Crippen LogP contribution in [-0.2, 0) is 4.79 Å². The predicted molar refractivity (Wildman–Crippen MR) is 113 cm³/mol. The van der Waals surface area contributed by atoms with E-state index in [1.165, 1.54) is 5.01 Å². The number of hydrazone groups is 1. The second kappa shape index (κ2) is 8.74. The largest absolute Gasteiger partial charge is 0.497 e. The molecule has 0 aliphatic carbocycles. The molecule has 31 heavy (non-hydrogen) atoms. The molecule has 1 aliphatic heterocycles. The van der Waals surface area contributed by atoms with Crippen molar-refractivity contribution in [2.45, 2.75) is 12.5 Å². The smallest absolute Gasteiger partial charge is 0.281 e. The first-order chi connectivity index (χ1) is 15.0. The molecule has 0 saturated carbocycles. The van der Waals surface area contributed by atoms with Gasteiger partial charge in [-0.15, -0.1) is 0 Å². The summed E-state index contributed by atoms with van der Waals surface area (Å²) >= 11 is 0. The molecule has 2 N–H and O–H groups in total. The first kappa shape index (κ1) is 20.2. The monoisotopic (exact) mass is 419 g/mol. The van der Waals surface area contributed by atoms with E-state index in [2.05, 4.69) is 5.10 Å². The third-order valence-electron chi connectivity index (χ3n) is 4.96. The van der Waals surface area contributed by atoms with Crippen molar-refractivity contribution in [3.05, 3.63) is 83.8 Å². The molecule has 0 radical (unpaired) electrons. The third kappa shape index (κ3) is 4.42. The number of carbonyl (C=O) groups excluding carboxylic acids is 2. The molecule has 0 spiro atoms. The summed E-state index contributed by atoms with van der Waals surface area (Å²) in [4.78, 5) is 24.1. The Hall–Kier alpha value is -4.07. The first-order valence-electron chi connectivity index (χ1n) is 9.65. The van der Waals surface area contributed by atoms with Crippen LogP contribution in [0, 0.1) is 0 Å². The Balaban J connectivity index is 1.51. The Morgan fingerprint density at radius 2 is 1.81 bits per heavy atom. The van der Waals surface area contributed by atoms with E-state index in [1.54, 1.807) is 43.7 Å². The zero-order valence-electron chi connectivity index (χ0n) is 16.9. The van der Waals surface area contributed by atoms with Gasteiger partial charge in [-0.05, 0) is 66.2 Å². The number of benzene rings is 2. The van der Waals surface area contributed by atoms with Crippen LogP contribution in [0.4, 0.5) is 0 Å². The standard InChI is InChI=1S/C23H21N3O5/c1-29-17-8-4-15(5-9-17)19-13-20(21-3-2-12-30-21)26(25-19)22(27)14-31-18-10-6-16(7-11-18)23(24)28/h2-12,20H,13-14H2,1H3,(H2,24,28)/t20-/m1/s1. The number of ether oxygens (including phenoxy) is 2. The van der Waals surface area contributed by atoms with Crippen LogP contribution in [0.1, 0.15) is 34.1 Å². The minimum atomic E-state index is -0.526. The Morgan fingerprint density at radius 1 is 1.10 bits per heavy atom. The number of carbonyl (C=O) groups is 2. The lowest BCUT2D eigenvalue weighted by molar-refractivity contribution is -0.135. The number of hydrogen-bond donors (Lipinski definition) is 1. The minimum Gasteiger partial charge on any atom is -0.497 e. The third-order valence-corrected chi connectivity index (χ3v) is 4.96. The number of nitrogens with two attached hydrogens (primary N) is 1. The summed E-state index contributed by atoms with van der Waals surface area (Å²) in [6.45, 7) is -0.216. The van der Waals surface area contributed by atoms with Crippen molar-refractivity contribution in [2.75, 3.05) is 13.7 Å². The van der Waals surface area contributed by atoms with Crippen LogP contribution in [0.2, 0.25) is 0 Å². The molecule has 4 rings (SSSR count). The molecule has 0 bridgehead atoms. The van der Waals surface area contributed by atoms with E-state index in [9.17, 15) is 9.59 Å². The van der Waals surface area contributed by atoms with Crippen LogP contribution in [0.5, 0.6) is 11.5 Å². The van der Waals surface area contributed by atoms with Crippen LogP contribution < -0.4 is 15.2 Å². The van der Waals surface area contributed by atoms with E-state index in [0.717, 1.165) is 17.0 Å². The van der Waals surface area contributed by atoms with Crippen molar-refractivity contribution in [3.8, 4) is 11.5 Å². The molecule has 1 aliphatic rings. The van der Waals surface area contributed by atoms with Crippen molar-refractivity contribution in [1.82, 2.24) is 5.01 Å². The highest BCUT2D eigenvalue weighted by molar-refractivity contribution is 6.03. The van der Waals surface area contributed by atoms with Crippen molar-refractivity contribution in [1.29, 1.82) is 0 Å². The van der Waals surface area contributed by atoms with Gasteiger partial charge in [0.2, 0.25) is 5.91 Å². The molecule has 8 nitrogen and oxygen atoms in total. The van der Waals surface area contributed by atoms with Crippen LogP contribution in [0.15, 0.2) is 76.4 Å². The average Bonchev–Trinajstić information content (AvgIpc) is 3.48. The summed E-state index contributed by atoms with van der Waals surface area (Å²) in [5.41, 5.74) is 7.27. The highest BCUT2D eigenvalue weighted by atomic mass is 16.5. The highest BCUT2D eigenvalue weighted by Gasteiger charge is 2.35. The van der Waals surface area contributed by atoms with E-state index in [0.29, 0.717) is 23.5 Å². The molecule has 8 heteroatoms. The molecule has 2 amide bonds. The van der Waals surface area contributed by atoms with Crippen molar-refractivity contribution in [2.24, 2.45) is 10.8 Å². The number of furan rings is 1. The lowest BCUT2D eigenvalue weighted by atomic mass is 10.0. The molecule has 0 unspecified atom stereocenters. The van der Waals surface area contributed by atoms with Crippen LogP contribution in [0.3, 0.4) is 0 Å². The van der Waals surface area contributed by atoms with Crippen molar-refractivity contribution in [3.63, 3.8) is 0 Å². The topological polar surface area (TPSA) is 107 Å². The van der Waals surface area contributed by atoms with Gasteiger partial charge in [0.05, 0.1) is 19.1 Å². The predicted octanol–water partition coefficient (Wildman–Crippen LogP) is 3.14. The van der Waals surface area contributed by atoms with Gasteiger partial charge in [-0.3, -0.25) is 9.59 Å². The van der Waals surface area contributed by atoms with Crippen LogP contribution in [-0.4, -0.2) is 36.3 Å². The van der Waals surface area contributed by atoms with E-state index in [1.807, 2.05) is 30.3 Å². The number of hydrogen-bond acceptors (Lipinski definition) is 6. The molecular weight excluding hydrogens is 398 g/mol. The summed E-state index contributed by atoms with van der Waals surface area (Å²) in [6.07, 6.45) is 2.08. The quantitative estimate of drug-likeness (QED) is 0.633. The first-order valence-corrected chi connectivity index (χ1v) is 9.65. The van der Waals surface area contributed by atoms with Gasteiger partial charge in [-0.25, -0.2) is 5.01 Å². The molecule has 2 aromatic carbocycles. The van der Waals surface area contributed by atoms with Gasteiger partial charge < -0.3 is 19.6 Å². The van der Waals surface area contributed by atoms with Crippen molar-refractivity contribution >= 4 is 17.5 Å². The number of rotatable bonds is 7. The van der Waals surface area contributed by atoms with Gasteiger partial charge in [0, 0.05) is 12.0 Å².